The fourth-order valence-corrected chi connectivity index (χ4v) is 4.21. The molecule has 0 radical (unpaired) electrons. The first-order valence-electron chi connectivity index (χ1n) is 8.64. The molecule has 0 fully saturated rings. The average molecular weight is 435 g/mol. The molecule has 0 aliphatic carbocycles. The van der Waals surface area contributed by atoms with Crippen molar-refractivity contribution in [2.75, 3.05) is 5.32 Å². The van der Waals surface area contributed by atoms with Crippen LogP contribution in [-0.2, 0) is 23.1 Å². The minimum atomic E-state index is -4.02. The van der Waals surface area contributed by atoms with Crippen molar-refractivity contribution in [2.24, 2.45) is 0 Å². The van der Waals surface area contributed by atoms with Crippen LogP contribution < -0.4 is 10.0 Å². The van der Waals surface area contributed by atoms with Gasteiger partial charge in [0.15, 0.2) is 0 Å². The molecule has 0 aliphatic rings. The van der Waals surface area contributed by atoms with Gasteiger partial charge in [-0.2, -0.15) is 0 Å². The molecule has 7 nitrogen and oxygen atoms in total. The van der Waals surface area contributed by atoms with E-state index in [2.05, 4.69) is 10.0 Å². The molecule has 2 aromatic carbocycles. The summed E-state index contributed by atoms with van der Waals surface area (Å²) >= 11 is 6.18. The van der Waals surface area contributed by atoms with Gasteiger partial charge in [-0.05, 0) is 36.8 Å². The normalized spacial score (nSPS) is 11.4. The lowest BCUT2D eigenvalue weighted by molar-refractivity contribution is 0.0697. The second-order valence-electron chi connectivity index (χ2n) is 6.38. The Balaban J connectivity index is 1.84. The summed E-state index contributed by atoms with van der Waals surface area (Å²) in [5.74, 6) is -0.687. The van der Waals surface area contributed by atoms with Gasteiger partial charge in [0.2, 0.25) is 10.0 Å². The number of benzene rings is 2. The monoisotopic (exact) mass is 434 g/mol. The third-order valence-corrected chi connectivity index (χ3v) is 6.08. The predicted molar refractivity (Wildman–Crippen MR) is 110 cm³/mol. The minimum absolute atomic E-state index is 0.0554. The van der Waals surface area contributed by atoms with E-state index in [9.17, 15) is 18.3 Å². The van der Waals surface area contributed by atoms with Crippen LogP contribution in [0.1, 0.15) is 27.2 Å². The number of aromatic carboxylic acids is 1. The van der Waals surface area contributed by atoms with Crippen molar-refractivity contribution in [1.82, 2.24) is 4.72 Å². The van der Waals surface area contributed by atoms with E-state index in [1.807, 2.05) is 31.2 Å². The molecule has 0 bridgehead atoms. The highest BCUT2D eigenvalue weighted by atomic mass is 35.5. The van der Waals surface area contributed by atoms with Gasteiger partial charge in [0.1, 0.15) is 10.7 Å². The number of anilines is 1. The number of sulfonamides is 1. The van der Waals surface area contributed by atoms with Gasteiger partial charge in [0.25, 0.3) is 0 Å². The van der Waals surface area contributed by atoms with Crippen LogP contribution in [0.25, 0.3) is 0 Å². The maximum atomic E-state index is 12.7. The van der Waals surface area contributed by atoms with E-state index in [0.717, 1.165) is 17.2 Å². The Bertz CT molecular complexity index is 1110. The van der Waals surface area contributed by atoms with Gasteiger partial charge < -0.3 is 14.8 Å². The highest BCUT2D eigenvalue weighted by Gasteiger charge is 2.23. The van der Waals surface area contributed by atoms with E-state index in [1.54, 1.807) is 12.1 Å². The summed E-state index contributed by atoms with van der Waals surface area (Å²) in [7, 11) is -4.02. The van der Waals surface area contributed by atoms with Crippen molar-refractivity contribution >= 4 is 33.3 Å². The average Bonchev–Trinajstić information content (AvgIpc) is 3.19. The van der Waals surface area contributed by atoms with Crippen molar-refractivity contribution in [3.63, 3.8) is 0 Å². The topological polar surface area (TPSA) is 109 Å². The molecule has 1 heterocycles. The van der Waals surface area contributed by atoms with Crippen molar-refractivity contribution in [2.45, 2.75) is 24.9 Å². The molecule has 0 amide bonds. The molecule has 0 saturated heterocycles. The molecule has 0 atom stereocenters. The summed E-state index contributed by atoms with van der Waals surface area (Å²) in [6, 6.07) is 13.1. The molecule has 0 saturated carbocycles. The van der Waals surface area contributed by atoms with Gasteiger partial charge in [-0.3, -0.25) is 0 Å². The highest BCUT2D eigenvalue weighted by molar-refractivity contribution is 7.89. The predicted octanol–water partition coefficient (Wildman–Crippen LogP) is 4.03. The first kappa shape index (κ1) is 20.9. The van der Waals surface area contributed by atoms with Crippen LogP contribution in [0.2, 0.25) is 5.02 Å². The number of furan rings is 1. The third kappa shape index (κ3) is 5.17. The maximum absolute atomic E-state index is 12.7. The molecule has 3 N–H and O–H groups in total. The number of carboxylic acids is 1. The van der Waals surface area contributed by atoms with E-state index >= 15 is 0 Å². The molecule has 9 heteroatoms. The summed E-state index contributed by atoms with van der Waals surface area (Å²) < 4.78 is 33.0. The Morgan fingerprint density at radius 2 is 1.86 bits per heavy atom. The number of rotatable bonds is 8. The molecule has 0 unspecified atom stereocenters. The number of halogens is 1. The van der Waals surface area contributed by atoms with Crippen LogP contribution in [0, 0.1) is 6.92 Å². The largest absolute Gasteiger partial charge is 0.478 e. The van der Waals surface area contributed by atoms with Gasteiger partial charge in [-0.1, -0.05) is 41.4 Å². The number of aryl methyl sites for hydroxylation is 1. The fourth-order valence-electron chi connectivity index (χ4n) is 2.64. The fraction of sp³-hybridized carbons (Fsp3) is 0.150. The molecule has 3 rings (SSSR count). The molecule has 1 aromatic heterocycles. The number of carbonyl (C=O) groups is 1. The molecule has 29 heavy (non-hydrogen) atoms. The summed E-state index contributed by atoms with van der Waals surface area (Å²) in [5.41, 5.74) is 1.81. The van der Waals surface area contributed by atoms with E-state index in [0.29, 0.717) is 5.76 Å². The lowest BCUT2D eigenvalue weighted by Crippen LogP contribution is -2.24. The van der Waals surface area contributed by atoms with Gasteiger partial charge >= 0.3 is 5.97 Å². The summed E-state index contributed by atoms with van der Waals surface area (Å²) in [5, 5.41) is 12.3. The van der Waals surface area contributed by atoms with E-state index < -0.39 is 16.0 Å². The zero-order valence-electron chi connectivity index (χ0n) is 15.5. The summed E-state index contributed by atoms with van der Waals surface area (Å²) in [6.07, 6.45) is 1.50. The Morgan fingerprint density at radius 3 is 2.48 bits per heavy atom. The number of carboxylic acid groups (broad SMARTS) is 1. The van der Waals surface area contributed by atoms with Crippen LogP contribution in [0.3, 0.4) is 0 Å². The van der Waals surface area contributed by atoms with Gasteiger partial charge in [0, 0.05) is 6.54 Å². The van der Waals surface area contributed by atoms with Crippen LogP contribution in [-0.4, -0.2) is 19.5 Å². The lowest BCUT2D eigenvalue weighted by Gasteiger charge is -2.14. The minimum Gasteiger partial charge on any atom is -0.478 e. The number of nitrogens with one attached hydrogen (secondary N) is 2. The Hall–Kier alpha value is -2.81. The number of hydrogen-bond acceptors (Lipinski definition) is 5. The quantitative estimate of drug-likeness (QED) is 0.494. The van der Waals surface area contributed by atoms with Crippen LogP contribution in [0.4, 0.5) is 5.69 Å². The molecule has 152 valence electrons. The summed E-state index contributed by atoms with van der Waals surface area (Å²) in [4.78, 5) is 11.4. The third-order valence-electron chi connectivity index (χ3n) is 4.21. The standard InChI is InChI=1S/C20H19ClN2O5S/c1-13-4-6-14(7-5-13)11-23-29(26,27)19-9-16(20(24)25)18(10-17(19)21)22-12-15-3-2-8-28-15/h2-10,22-23H,11-12H2,1H3,(H,24,25). The Morgan fingerprint density at radius 1 is 1.14 bits per heavy atom. The Kier molecular flexibility index (Phi) is 6.26. The van der Waals surface area contributed by atoms with Gasteiger partial charge in [-0.15, -0.1) is 0 Å². The van der Waals surface area contributed by atoms with Crippen molar-refractivity contribution < 1.29 is 22.7 Å². The van der Waals surface area contributed by atoms with Gasteiger partial charge in [-0.25, -0.2) is 17.9 Å². The Labute approximate surface area is 173 Å². The smallest absolute Gasteiger partial charge is 0.337 e. The molecule has 0 aliphatic heterocycles. The van der Waals surface area contributed by atoms with E-state index in [4.69, 9.17) is 16.0 Å². The second-order valence-corrected chi connectivity index (χ2v) is 8.52. The first-order valence-corrected chi connectivity index (χ1v) is 10.5. The summed E-state index contributed by atoms with van der Waals surface area (Å²) in [6.45, 7) is 2.21. The zero-order chi connectivity index (χ0) is 21.0. The van der Waals surface area contributed by atoms with E-state index in [1.165, 1.54) is 12.3 Å². The molecule has 3 aromatic rings. The highest BCUT2D eigenvalue weighted by Crippen LogP contribution is 2.29. The van der Waals surface area contributed by atoms with E-state index in [-0.39, 0.29) is 34.3 Å². The van der Waals surface area contributed by atoms with Gasteiger partial charge in [0.05, 0.1) is 29.1 Å². The van der Waals surface area contributed by atoms with Crippen molar-refractivity contribution in [3.8, 4) is 0 Å². The lowest BCUT2D eigenvalue weighted by atomic mass is 10.1. The molecular weight excluding hydrogens is 416 g/mol. The molecule has 0 spiro atoms. The maximum Gasteiger partial charge on any atom is 0.337 e. The second kappa shape index (κ2) is 8.69. The first-order chi connectivity index (χ1) is 13.8. The zero-order valence-corrected chi connectivity index (χ0v) is 17.0. The number of hydrogen-bond donors (Lipinski definition) is 3. The molecular formula is C20H19ClN2O5S. The van der Waals surface area contributed by atoms with Crippen molar-refractivity contribution in [1.29, 1.82) is 0 Å². The van der Waals surface area contributed by atoms with Crippen LogP contribution >= 0.6 is 11.6 Å². The van der Waals surface area contributed by atoms with Crippen LogP contribution in [0.15, 0.2) is 64.1 Å². The van der Waals surface area contributed by atoms with Crippen LogP contribution in [0.5, 0.6) is 0 Å². The SMILES string of the molecule is Cc1ccc(CNS(=O)(=O)c2cc(C(=O)O)c(NCc3ccco3)cc2Cl)cc1. The van der Waals surface area contributed by atoms with Crippen molar-refractivity contribution in [3.05, 3.63) is 82.3 Å².